The average Bonchev–Trinajstić information content (AvgIpc) is 2.42. The van der Waals surface area contributed by atoms with Gasteiger partial charge in [-0.1, -0.05) is 11.8 Å². The van der Waals surface area contributed by atoms with E-state index in [0.29, 0.717) is 16.1 Å². The minimum atomic E-state index is -0.979. The maximum absolute atomic E-state index is 13.1. The van der Waals surface area contributed by atoms with Crippen molar-refractivity contribution in [3.05, 3.63) is 63.7 Å². The number of benzene rings is 2. The summed E-state index contributed by atoms with van der Waals surface area (Å²) >= 11 is 1.07. The van der Waals surface area contributed by atoms with E-state index in [1.54, 1.807) is 0 Å². The third-order valence-corrected chi connectivity index (χ3v) is 3.43. The molecular formula is C13H7F2NO3S. The van der Waals surface area contributed by atoms with E-state index >= 15 is 0 Å². The molecule has 2 aromatic carbocycles. The molecule has 0 aliphatic carbocycles. The largest absolute Gasteiger partial charge is 0.298 e. The Balaban J connectivity index is 2.32. The van der Waals surface area contributed by atoms with Crippen LogP contribution in [0.4, 0.5) is 14.5 Å². The van der Waals surface area contributed by atoms with Gasteiger partial charge in [0.2, 0.25) is 0 Å². The van der Waals surface area contributed by atoms with Crippen LogP contribution < -0.4 is 0 Å². The van der Waals surface area contributed by atoms with Crippen LogP contribution in [0.25, 0.3) is 0 Å². The summed E-state index contributed by atoms with van der Waals surface area (Å²) in [5.74, 6) is -1.93. The molecule has 0 amide bonds. The molecular weight excluding hydrogens is 288 g/mol. The number of hydrogen-bond donors (Lipinski definition) is 0. The number of rotatable bonds is 4. The second kappa shape index (κ2) is 5.79. The first-order chi connectivity index (χ1) is 9.51. The van der Waals surface area contributed by atoms with Gasteiger partial charge in [-0.2, -0.15) is 0 Å². The molecule has 0 fully saturated rings. The van der Waals surface area contributed by atoms with Gasteiger partial charge in [0.25, 0.3) is 5.69 Å². The van der Waals surface area contributed by atoms with Gasteiger partial charge in [-0.25, -0.2) is 8.78 Å². The van der Waals surface area contributed by atoms with Crippen molar-refractivity contribution in [2.75, 3.05) is 0 Å². The second-order valence-corrected chi connectivity index (χ2v) is 4.92. The normalized spacial score (nSPS) is 10.3. The van der Waals surface area contributed by atoms with E-state index in [-0.39, 0.29) is 11.3 Å². The minimum absolute atomic E-state index is 0.0671. The Morgan fingerprint density at radius 2 is 1.70 bits per heavy atom. The van der Waals surface area contributed by atoms with Gasteiger partial charge < -0.3 is 0 Å². The molecule has 0 N–H and O–H groups in total. The lowest BCUT2D eigenvalue weighted by atomic mass is 10.2. The first kappa shape index (κ1) is 14.1. The maximum atomic E-state index is 13.1. The number of carbonyl (C=O) groups excluding carboxylic acids is 1. The lowest BCUT2D eigenvalue weighted by molar-refractivity contribution is -0.385. The first-order valence-corrected chi connectivity index (χ1v) is 6.19. The van der Waals surface area contributed by atoms with E-state index in [9.17, 15) is 23.7 Å². The van der Waals surface area contributed by atoms with E-state index in [0.717, 1.165) is 23.9 Å². The molecule has 0 aromatic heterocycles. The Kier molecular flexibility index (Phi) is 4.09. The molecule has 2 aromatic rings. The van der Waals surface area contributed by atoms with Crippen LogP contribution in [0.1, 0.15) is 10.4 Å². The molecule has 20 heavy (non-hydrogen) atoms. The standard InChI is InChI=1S/C13H7F2NO3S/c14-11-3-1-10(6-12(11)15)20-9-2-4-13(16(18)19)8(5-9)7-17/h1-7H. The summed E-state index contributed by atoms with van der Waals surface area (Å²) in [4.78, 5) is 21.8. The van der Waals surface area contributed by atoms with E-state index in [4.69, 9.17) is 0 Å². The highest BCUT2D eigenvalue weighted by molar-refractivity contribution is 7.99. The Labute approximate surface area is 116 Å². The van der Waals surface area contributed by atoms with Crippen molar-refractivity contribution in [1.29, 1.82) is 0 Å². The topological polar surface area (TPSA) is 60.2 Å². The van der Waals surface area contributed by atoms with Gasteiger partial charge in [-0.05, 0) is 30.3 Å². The lowest BCUT2D eigenvalue weighted by Crippen LogP contribution is -1.94. The molecule has 0 saturated heterocycles. The highest BCUT2D eigenvalue weighted by Gasteiger charge is 2.14. The summed E-state index contributed by atoms with van der Waals surface area (Å²) < 4.78 is 25.9. The van der Waals surface area contributed by atoms with Crippen molar-refractivity contribution in [2.45, 2.75) is 9.79 Å². The van der Waals surface area contributed by atoms with Gasteiger partial charge in [0.1, 0.15) is 0 Å². The highest BCUT2D eigenvalue weighted by Crippen LogP contribution is 2.31. The summed E-state index contributed by atoms with van der Waals surface area (Å²) in [5, 5.41) is 10.7. The molecule has 0 heterocycles. The number of nitro benzene ring substituents is 1. The van der Waals surface area contributed by atoms with Crippen LogP contribution in [-0.4, -0.2) is 11.2 Å². The van der Waals surface area contributed by atoms with Crippen molar-refractivity contribution >= 4 is 23.7 Å². The molecule has 7 heteroatoms. The Hall–Kier alpha value is -2.28. The third kappa shape index (κ3) is 3.00. The zero-order valence-corrected chi connectivity index (χ0v) is 10.7. The summed E-state index contributed by atoms with van der Waals surface area (Å²) in [6.07, 6.45) is 0.382. The zero-order valence-electron chi connectivity index (χ0n) is 9.88. The molecule has 4 nitrogen and oxygen atoms in total. The average molecular weight is 295 g/mol. The molecule has 0 atom stereocenters. The zero-order chi connectivity index (χ0) is 14.7. The van der Waals surface area contributed by atoms with E-state index in [1.165, 1.54) is 24.3 Å². The van der Waals surface area contributed by atoms with Crippen molar-refractivity contribution in [3.8, 4) is 0 Å². The Morgan fingerprint density at radius 3 is 2.30 bits per heavy atom. The van der Waals surface area contributed by atoms with Gasteiger partial charge in [0.15, 0.2) is 17.9 Å². The molecule has 102 valence electrons. The predicted octanol–water partition coefficient (Wildman–Crippen LogP) is 3.84. The quantitative estimate of drug-likeness (QED) is 0.488. The van der Waals surface area contributed by atoms with Gasteiger partial charge in [-0.15, -0.1) is 0 Å². The number of hydrogen-bond acceptors (Lipinski definition) is 4. The van der Waals surface area contributed by atoms with Gasteiger partial charge in [-0.3, -0.25) is 14.9 Å². The van der Waals surface area contributed by atoms with E-state index in [1.807, 2.05) is 0 Å². The second-order valence-electron chi connectivity index (χ2n) is 3.77. The highest BCUT2D eigenvalue weighted by atomic mass is 32.2. The molecule has 0 unspecified atom stereocenters. The van der Waals surface area contributed by atoms with Gasteiger partial charge >= 0.3 is 0 Å². The molecule has 2 rings (SSSR count). The maximum Gasteiger partial charge on any atom is 0.279 e. The summed E-state index contributed by atoms with van der Waals surface area (Å²) in [7, 11) is 0. The number of aldehydes is 1. The first-order valence-electron chi connectivity index (χ1n) is 5.38. The van der Waals surface area contributed by atoms with Crippen molar-refractivity contribution in [1.82, 2.24) is 0 Å². The van der Waals surface area contributed by atoms with Crippen LogP contribution in [0.2, 0.25) is 0 Å². The van der Waals surface area contributed by atoms with Crippen molar-refractivity contribution < 1.29 is 18.5 Å². The molecule has 0 saturated carbocycles. The smallest absolute Gasteiger partial charge is 0.279 e. The predicted molar refractivity (Wildman–Crippen MR) is 69.0 cm³/mol. The third-order valence-electron chi connectivity index (χ3n) is 2.45. The van der Waals surface area contributed by atoms with Crippen LogP contribution in [0.3, 0.4) is 0 Å². The van der Waals surface area contributed by atoms with Gasteiger partial charge in [0.05, 0.1) is 10.5 Å². The van der Waals surface area contributed by atoms with Gasteiger partial charge in [0, 0.05) is 15.9 Å². The molecule has 0 spiro atoms. The van der Waals surface area contributed by atoms with Crippen molar-refractivity contribution in [3.63, 3.8) is 0 Å². The summed E-state index contributed by atoms with van der Waals surface area (Å²) in [5.41, 5.74) is -0.364. The number of carbonyl (C=O) groups is 1. The summed E-state index contributed by atoms with van der Waals surface area (Å²) in [6.45, 7) is 0. The fourth-order valence-electron chi connectivity index (χ4n) is 1.53. The fourth-order valence-corrected chi connectivity index (χ4v) is 2.43. The van der Waals surface area contributed by atoms with Crippen LogP contribution in [0, 0.1) is 21.7 Å². The van der Waals surface area contributed by atoms with Crippen molar-refractivity contribution in [2.24, 2.45) is 0 Å². The SMILES string of the molecule is O=Cc1cc(Sc2ccc(F)c(F)c2)ccc1[N+](=O)[O-]. The monoisotopic (exact) mass is 295 g/mol. The number of nitrogens with zero attached hydrogens (tertiary/aromatic N) is 1. The fraction of sp³-hybridized carbons (Fsp3) is 0. The van der Waals surface area contributed by atoms with Crippen LogP contribution >= 0.6 is 11.8 Å². The Bertz CT molecular complexity index is 691. The lowest BCUT2D eigenvalue weighted by Gasteiger charge is -2.03. The molecule has 0 bridgehead atoms. The molecule has 0 radical (unpaired) electrons. The molecule has 0 aliphatic rings. The number of halogens is 2. The van der Waals surface area contributed by atoms with E-state index in [2.05, 4.69) is 0 Å². The summed E-state index contributed by atoms with van der Waals surface area (Å²) in [6, 6.07) is 7.36. The van der Waals surface area contributed by atoms with Crippen LogP contribution in [0.15, 0.2) is 46.2 Å². The molecule has 0 aliphatic heterocycles. The minimum Gasteiger partial charge on any atom is -0.298 e. The van der Waals surface area contributed by atoms with Crippen LogP contribution in [-0.2, 0) is 0 Å². The van der Waals surface area contributed by atoms with E-state index < -0.39 is 16.6 Å². The Morgan fingerprint density at radius 1 is 1.05 bits per heavy atom. The van der Waals surface area contributed by atoms with Crippen LogP contribution in [0.5, 0.6) is 0 Å². The number of nitro groups is 1.